The number of imide groups is 1. The summed E-state index contributed by atoms with van der Waals surface area (Å²) in [5.74, 6) is -0.240. The first kappa shape index (κ1) is 15.1. The minimum Gasteiger partial charge on any atom is -0.371 e. The lowest BCUT2D eigenvalue weighted by atomic mass is 10.2. The normalized spacial score (nSPS) is 15.3. The first-order valence-electron chi connectivity index (χ1n) is 7.55. The number of nitrogens with one attached hydrogen (secondary N) is 2. The Bertz CT molecular complexity index is 698. The maximum absolute atomic E-state index is 12.2. The monoisotopic (exact) mass is 313 g/mol. The van der Waals surface area contributed by atoms with Crippen LogP contribution in [0.5, 0.6) is 0 Å². The highest BCUT2D eigenvalue weighted by molar-refractivity contribution is 5.99. The number of aromatic nitrogens is 2. The van der Waals surface area contributed by atoms with Gasteiger partial charge in [-0.2, -0.15) is 5.10 Å². The molecule has 3 amide bonds. The van der Waals surface area contributed by atoms with E-state index in [1.807, 2.05) is 36.5 Å². The van der Waals surface area contributed by atoms with E-state index in [1.54, 1.807) is 17.8 Å². The van der Waals surface area contributed by atoms with Crippen molar-refractivity contribution >= 4 is 17.6 Å². The van der Waals surface area contributed by atoms with Gasteiger partial charge in [-0.15, -0.1) is 0 Å². The SMILES string of the molecule is C[C@H](Nc1cnn(Cc2ccccc2)c1)C(=O)N1CCNC1=O. The van der Waals surface area contributed by atoms with Gasteiger partial charge in [-0.05, 0) is 12.5 Å². The fourth-order valence-corrected chi connectivity index (χ4v) is 2.52. The van der Waals surface area contributed by atoms with Crippen molar-refractivity contribution in [2.24, 2.45) is 0 Å². The van der Waals surface area contributed by atoms with E-state index in [9.17, 15) is 9.59 Å². The minimum atomic E-state index is -0.492. The number of nitrogens with zero attached hydrogens (tertiary/aromatic N) is 3. The van der Waals surface area contributed by atoms with Crippen molar-refractivity contribution in [2.75, 3.05) is 18.4 Å². The van der Waals surface area contributed by atoms with E-state index in [4.69, 9.17) is 0 Å². The molecule has 2 N–H and O–H groups in total. The number of rotatable bonds is 5. The largest absolute Gasteiger partial charge is 0.371 e. The van der Waals surface area contributed by atoms with E-state index in [-0.39, 0.29) is 11.9 Å². The Labute approximate surface area is 134 Å². The number of benzene rings is 1. The fraction of sp³-hybridized carbons (Fsp3) is 0.312. The Morgan fingerprint density at radius 1 is 1.39 bits per heavy atom. The van der Waals surface area contributed by atoms with Crippen LogP contribution < -0.4 is 10.6 Å². The number of hydrogen-bond donors (Lipinski definition) is 2. The summed E-state index contributed by atoms with van der Waals surface area (Å²) in [6.07, 6.45) is 3.53. The summed E-state index contributed by atoms with van der Waals surface area (Å²) in [6, 6.07) is 9.19. The number of carbonyl (C=O) groups is 2. The van der Waals surface area contributed by atoms with Crippen LogP contribution in [0.4, 0.5) is 10.5 Å². The molecule has 0 spiro atoms. The molecule has 7 nitrogen and oxygen atoms in total. The molecular weight excluding hydrogens is 294 g/mol. The van der Waals surface area contributed by atoms with Crippen molar-refractivity contribution in [2.45, 2.75) is 19.5 Å². The molecule has 1 aromatic heterocycles. The lowest BCUT2D eigenvalue weighted by Crippen LogP contribution is -2.43. The van der Waals surface area contributed by atoms with Gasteiger partial charge in [0.1, 0.15) is 6.04 Å². The fourth-order valence-electron chi connectivity index (χ4n) is 2.52. The summed E-state index contributed by atoms with van der Waals surface area (Å²) in [6.45, 7) is 3.32. The number of hydrogen-bond acceptors (Lipinski definition) is 4. The third-order valence-electron chi connectivity index (χ3n) is 3.70. The molecule has 2 heterocycles. The Hall–Kier alpha value is -2.83. The highest BCUT2D eigenvalue weighted by Crippen LogP contribution is 2.11. The Balaban J connectivity index is 1.60. The maximum atomic E-state index is 12.2. The van der Waals surface area contributed by atoms with Crippen LogP contribution >= 0.6 is 0 Å². The lowest BCUT2D eigenvalue weighted by Gasteiger charge is -2.18. The molecule has 1 fully saturated rings. The van der Waals surface area contributed by atoms with Crippen molar-refractivity contribution in [3.05, 3.63) is 48.3 Å². The Morgan fingerprint density at radius 2 is 2.17 bits per heavy atom. The molecule has 1 saturated heterocycles. The van der Waals surface area contributed by atoms with E-state index in [0.717, 1.165) is 11.3 Å². The van der Waals surface area contributed by atoms with Gasteiger partial charge >= 0.3 is 6.03 Å². The van der Waals surface area contributed by atoms with E-state index < -0.39 is 6.04 Å². The van der Waals surface area contributed by atoms with Crippen LogP contribution in [0.1, 0.15) is 12.5 Å². The molecule has 3 rings (SSSR count). The number of amides is 3. The Kier molecular flexibility index (Phi) is 4.27. The molecule has 0 bridgehead atoms. The molecule has 1 aliphatic heterocycles. The van der Waals surface area contributed by atoms with Crippen LogP contribution in [0.25, 0.3) is 0 Å². The zero-order valence-electron chi connectivity index (χ0n) is 12.9. The van der Waals surface area contributed by atoms with E-state index in [2.05, 4.69) is 15.7 Å². The van der Waals surface area contributed by atoms with Crippen molar-refractivity contribution in [3.63, 3.8) is 0 Å². The zero-order chi connectivity index (χ0) is 16.2. The van der Waals surface area contributed by atoms with Gasteiger partial charge < -0.3 is 10.6 Å². The summed E-state index contributed by atoms with van der Waals surface area (Å²) in [5, 5.41) is 10.00. The van der Waals surface area contributed by atoms with E-state index in [1.165, 1.54) is 4.90 Å². The second-order valence-corrected chi connectivity index (χ2v) is 5.50. The zero-order valence-corrected chi connectivity index (χ0v) is 12.9. The van der Waals surface area contributed by atoms with Crippen molar-refractivity contribution < 1.29 is 9.59 Å². The molecule has 0 aliphatic carbocycles. The van der Waals surface area contributed by atoms with E-state index >= 15 is 0 Å². The van der Waals surface area contributed by atoms with Gasteiger partial charge in [-0.1, -0.05) is 30.3 Å². The number of anilines is 1. The number of urea groups is 1. The average Bonchev–Trinajstić information content (AvgIpc) is 3.16. The quantitative estimate of drug-likeness (QED) is 0.871. The highest BCUT2D eigenvalue weighted by Gasteiger charge is 2.29. The maximum Gasteiger partial charge on any atom is 0.324 e. The predicted octanol–water partition coefficient (Wildman–Crippen LogP) is 1.28. The standard InChI is InChI=1S/C16H19N5O2/c1-12(15(22)21-8-7-17-16(21)23)19-14-9-18-20(11-14)10-13-5-3-2-4-6-13/h2-6,9,11-12,19H,7-8,10H2,1H3,(H,17,23)/t12-/m0/s1. The number of carbonyl (C=O) groups excluding carboxylic acids is 2. The van der Waals surface area contributed by atoms with Gasteiger partial charge in [0.25, 0.3) is 5.91 Å². The average molecular weight is 313 g/mol. The molecule has 23 heavy (non-hydrogen) atoms. The summed E-state index contributed by atoms with van der Waals surface area (Å²) in [5.41, 5.74) is 1.90. The summed E-state index contributed by atoms with van der Waals surface area (Å²) >= 11 is 0. The van der Waals surface area contributed by atoms with Gasteiger partial charge in [-0.3, -0.25) is 14.4 Å². The molecule has 120 valence electrons. The molecule has 0 radical (unpaired) electrons. The summed E-state index contributed by atoms with van der Waals surface area (Å²) < 4.78 is 1.80. The van der Waals surface area contributed by atoms with Gasteiger partial charge in [-0.25, -0.2) is 4.79 Å². The van der Waals surface area contributed by atoms with Crippen LogP contribution in [0.2, 0.25) is 0 Å². The van der Waals surface area contributed by atoms with E-state index in [0.29, 0.717) is 19.6 Å². The summed E-state index contributed by atoms with van der Waals surface area (Å²) in [7, 11) is 0. The van der Waals surface area contributed by atoms with Gasteiger partial charge in [0.15, 0.2) is 0 Å². The topological polar surface area (TPSA) is 79.3 Å². The summed E-state index contributed by atoms with van der Waals surface area (Å²) in [4.78, 5) is 25.0. The first-order valence-corrected chi connectivity index (χ1v) is 7.55. The third kappa shape index (κ3) is 3.50. The molecule has 1 atom stereocenters. The van der Waals surface area contributed by atoms with Gasteiger partial charge in [0, 0.05) is 19.3 Å². The highest BCUT2D eigenvalue weighted by atomic mass is 16.2. The second-order valence-electron chi connectivity index (χ2n) is 5.50. The Morgan fingerprint density at radius 3 is 2.87 bits per heavy atom. The molecule has 7 heteroatoms. The second kappa shape index (κ2) is 6.51. The van der Waals surface area contributed by atoms with Crippen LogP contribution in [0, 0.1) is 0 Å². The third-order valence-corrected chi connectivity index (χ3v) is 3.70. The van der Waals surface area contributed by atoms with Crippen LogP contribution in [-0.4, -0.2) is 45.8 Å². The van der Waals surface area contributed by atoms with Crippen molar-refractivity contribution in [1.82, 2.24) is 20.0 Å². The first-order chi connectivity index (χ1) is 11.1. The van der Waals surface area contributed by atoms with Gasteiger partial charge in [0.2, 0.25) is 0 Å². The molecule has 0 saturated carbocycles. The van der Waals surface area contributed by atoms with Crippen molar-refractivity contribution in [1.29, 1.82) is 0 Å². The predicted molar refractivity (Wildman–Crippen MR) is 86.0 cm³/mol. The van der Waals surface area contributed by atoms with Crippen molar-refractivity contribution in [3.8, 4) is 0 Å². The van der Waals surface area contributed by atoms with Crippen LogP contribution in [-0.2, 0) is 11.3 Å². The smallest absolute Gasteiger partial charge is 0.324 e. The molecule has 2 aromatic rings. The molecular formula is C16H19N5O2. The minimum absolute atomic E-state index is 0.240. The molecule has 0 unspecified atom stereocenters. The van der Waals surface area contributed by atoms with Crippen LogP contribution in [0.3, 0.4) is 0 Å². The van der Waals surface area contributed by atoms with Crippen LogP contribution in [0.15, 0.2) is 42.7 Å². The molecule has 1 aromatic carbocycles. The van der Waals surface area contributed by atoms with Gasteiger partial charge in [0.05, 0.1) is 18.4 Å². The lowest BCUT2D eigenvalue weighted by molar-refractivity contribution is -0.128. The molecule has 1 aliphatic rings.